The third-order valence-electron chi connectivity index (χ3n) is 9.35. The summed E-state index contributed by atoms with van der Waals surface area (Å²) in [5, 5.41) is 8.01. The Bertz CT molecular complexity index is 2860. The van der Waals surface area contributed by atoms with Crippen LogP contribution in [0.15, 0.2) is 158 Å². The van der Waals surface area contributed by atoms with Crippen molar-refractivity contribution < 1.29 is 0 Å². The van der Waals surface area contributed by atoms with E-state index in [0.29, 0.717) is 0 Å². The molecule has 0 saturated heterocycles. The Balaban J connectivity index is 1.31. The number of benzene rings is 6. The molecule has 0 radical (unpaired) electrons. The van der Waals surface area contributed by atoms with Gasteiger partial charge in [0, 0.05) is 43.4 Å². The molecule has 0 saturated carbocycles. The van der Waals surface area contributed by atoms with E-state index in [0.717, 1.165) is 93.6 Å². The van der Waals surface area contributed by atoms with Crippen molar-refractivity contribution in [2.45, 2.75) is 0 Å². The molecular weight excluding hydrogens is 573 g/mol. The van der Waals surface area contributed by atoms with E-state index in [1.54, 1.807) is 0 Å². The van der Waals surface area contributed by atoms with E-state index < -0.39 is 0 Å². The lowest BCUT2D eigenvalue weighted by atomic mass is 9.97. The van der Waals surface area contributed by atoms with Crippen molar-refractivity contribution in [1.29, 1.82) is 0 Å². The monoisotopic (exact) mass is 598 g/mol. The summed E-state index contributed by atoms with van der Waals surface area (Å²) in [7, 11) is 0. The summed E-state index contributed by atoms with van der Waals surface area (Å²) in [5.74, 6) is 0.891. The maximum Gasteiger partial charge on any atom is 0.138 e. The zero-order valence-corrected chi connectivity index (χ0v) is 25.3. The Morgan fingerprint density at radius 2 is 0.957 bits per heavy atom. The third kappa shape index (κ3) is 4.05. The van der Waals surface area contributed by atoms with Crippen molar-refractivity contribution in [3.8, 4) is 28.3 Å². The third-order valence-corrected chi connectivity index (χ3v) is 9.35. The maximum atomic E-state index is 5.19. The molecule has 0 fully saturated rings. The van der Waals surface area contributed by atoms with E-state index in [1.807, 2.05) is 18.2 Å². The van der Waals surface area contributed by atoms with Crippen LogP contribution in [0.1, 0.15) is 0 Å². The van der Waals surface area contributed by atoms with Gasteiger partial charge in [-0.25, -0.2) is 15.0 Å². The first-order valence-electron chi connectivity index (χ1n) is 15.9. The van der Waals surface area contributed by atoms with Gasteiger partial charge in [-0.05, 0) is 66.0 Å². The summed E-state index contributed by atoms with van der Waals surface area (Å²) in [6.07, 6.45) is 0. The van der Waals surface area contributed by atoms with Crippen molar-refractivity contribution in [2.75, 3.05) is 0 Å². The van der Waals surface area contributed by atoms with Gasteiger partial charge in [-0.3, -0.25) is 4.57 Å². The zero-order chi connectivity index (χ0) is 30.9. The van der Waals surface area contributed by atoms with Crippen LogP contribution in [-0.2, 0) is 0 Å². The van der Waals surface area contributed by atoms with Gasteiger partial charge in [0.05, 0.1) is 39.0 Å². The fourth-order valence-corrected chi connectivity index (χ4v) is 7.11. The first kappa shape index (κ1) is 25.9. The van der Waals surface area contributed by atoms with Crippen LogP contribution < -0.4 is 0 Å². The van der Waals surface area contributed by atoms with Gasteiger partial charge in [0.15, 0.2) is 0 Å². The summed E-state index contributed by atoms with van der Waals surface area (Å²) in [6, 6.07) is 55.5. The average molecular weight is 599 g/mol. The molecular formula is C43H26N4. The van der Waals surface area contributed by atoms with Gasteiger partial charge in [-0.2, -0.15) is 0 Å². The van der Waals surface area contributed by atoms with Crippen LogP contribution in [0.2, 0.25) is 0 Å². The minimum atomic E-state index is 0.891. The van der Waals surface area contributed by atoms with Crippen molar-refractivity contribution in [3.05, 3.63) is 158 Å². The van der Waals surface area contributed by atoms with Gasteiger partial charge >= 0.3 is 0 Å². The van der Waals surface area contributed by atoms with Crippen LogP contribution in [0.3, 0.4) is 0 Å². The van der Waals surface area contributed by atoms with Gasteiger partial charge in [0.1, 0.15) is 5.82 Å². The highest BCUT2D eigenvalue weighted by Crippen LogP contribution is 2.42. The minimum absolute atomic E-state index is 0.891. The smallest absolute Gasteiger partial charge is 0.138 e. The molecule has 4 nitrogen and oxygen atoms in total. The van der Waals surface area contributed by atoms with E-state index in [4.69, 9.17) is 15.0 Å². The maximum absolute atomic E-state index is 5.19. The summed E-state index contributed by atoms with van der Waals surface area (Å²) < 4.78 is 2.33. The molecule has 0 unspecified atom stereocenters. The Morgan fingerprint density at radius 3 is 1.68 bits per heavy atom. The van der Waals surface area contributed by atoms with E-state index in [-0.39, 0.29) is 0 Å². The molecule has 0 amide bonds. The standard InChI is InChI=1S/C43H26N4/c1-6-14-36-27(9-1)17-21-39(44-36)30-19-23-41-34(25-30)35-26-33(40-22-18-28-10-2-7-15-37(28)45-40)31-12-4-5-13-32(31)43(35)47(41)42-24-20-29-11-3-8-16-38(29)46-42/h1-26H. The molecule has 0 aliphatic rings. The van der Waals surface area contributed by atoms with Crippen LogP contribution in [0, 0.1) is 0 Å². The molecule has 0 aliphatic heterocycles. The van der Waals surface area contributed by atoms with Crippen LogP contribution in [0.25, 0.3) is 93.6 Å². The number of para-hydroxylation sites is 3. The molecule has 0 atom stereocenters. The lowest BCUT2D eigenvalue weighted by Crippen LogP contribution is -1.98. The molecule has 0 aliphatic carbocycles. The highest BCUT2D eigenvalue weighted by atomic mass is 15.1. The minimum Gasteiger partial charge on any atom is -0.293 e. The fraction of sp³-hybridized carbons (Fsp3) is 0. The number of nitrogens with zero attached hydrogens (tertiary/aromatic N) is 4. The predicted octanol–water partition coefficient (Wildman–Crippen LogP) is 10.9. The number of hydrogen-bond acceptors (Lipinski definition) is 3. The van der Waals surface area contributed by atoms with Crippen molar-refractivity contribution in [2.24, 2.45) is 0 Å². The quantitative estimate of drug-likeness (QED) is 0.203. The van der Waals surface area contributed by atoms with E-state index >= 15 is 0 Å². The molecule has 6 aromatic carbocycles. The molecule has 0 spiro atoms. The molecule has 0 N–H and O–H groups in total. The second kappa shape index (κ2) is 10.1. The van der Waals surface area contributed by atoms with E-state index in [9.17, 15) is 0 Å². The lowest BCUT2D eigenvalue weighted by Gasteiger charge is -2.13. The Morgan fingerprint density at radius 1 is 0.383 bits per heavy atom. The highest BCUT2D eigenvalue weighted by Gasteiger charge is 2.20. The van der Waals surface area contributed by atoms with E-state index in [2.05, 4.69) is 144 Å². The molecule has 4 heteroatoms. The molecule has 0 bridgehead atoms. The Labute approximate surface area is 270 Å². The van der Waals surface area contributed by atoms with Gasteiger partial charge in [-0.1, -0.05) is 97.1 Å². The van der Waals surface area contributed by atoms with Crippen molar-refractivity contribution in [3.63, 3.8) is 0 Å². The van der Waals surface area contributed by atoms with Crippen molar-refractivity contribution >= 4 is 65.3 Å². The molecule has 10 rings (SSSR count). The first-order chi connectivity index (χ1) is 23.3. The van der Waals surface area contributed by atoms with Crippen LogP contribution >= 0.6 is 0 Å². The zero-order valence-electron chi connectivity index (χ0n) is 25.3. The summed E-state index contributed by atoms with van der Waals surface area (Å²) >= 11 is 0. The topological polar surface area (TPSA) is 43.6 Å². The molecule has 218 valence electrons. The largest absolute Gasteiger partial charge is 0.293 e. The number of fused-ring (bicyclic) bond motifs is 8. The van der Waals surface area contributed by atoms with Gasteiger partial charge < -0.3 is 0 Å². The van der Waals surface area contributed by atoms with Crippen LogP contribution in [-0.4, -0.2) is 19.5 Å². The number of hydrogen-bond donors (Lipinski definition) is 0. The summed E-state index contributed by atoms with van der Waals surface area (Å²) in [5.41, 5.74) is 9.27. The lowest BCUT2D eigenvalue weighted by molar-refractivity contribution is 1.11. The fourth-order valence-electron chi connectivity index (χ4n) is 7.11. The van der Waals surface area contributed by atoms with Crippen LogP contribution in [0.5, 0.6) is 0 Å². The van der Waals surface area contributed by atoms with Gasteiger partial charge in [0.25, 0.3) is 0 Å². The van der Waals surface area contributed by atoms with Crippen molar-refractivity contribution in [1.82, 2.24) is 19.5 Å². The number of rotatable bonds is 3. The van der Waals surface area contributed by atoms with Gasteiger partial charge in [-0.15, -0.1) is 0 Å². The second-order valence-corrected chi connectivity index (χ2v) is 12.1. The average Bonchev–Trinajstić information content (AvgIpc) is 3.47. The second-order valence-electron chi connectivity index (χ2n) is 12.1. The SMILES string of the molecule is c1ccc2nc(-c3ccc4c(c3)c3cc(-c5ccc6ccccc6n5)c5ccccc5c3n4-c3ccc4ccccc4n3)ccc2c1. The normalized spacial score (nSPS) is 11.8. The Kier molecular flexibility index (Phi) is 5.54. The number of pyridine rings is 3. The highest BCUT2D eigenvalue weighted by molar-refractivity contribution is 6.22. The molecule has 47 heavy (non-hydrogen) atoms. The summed E-state index contributed by atoms with van der Waals surface area (Å²) in [6.45, 7) is 0. The summed E-state index contributed by atoms with van der Waals surface area (Å²) in [4.78, 5) is 15.4. The Hall–Kier alpha value is -6.39. The van der Waals surface area contributed by atoms with E-state index in [1.165, 1.54) is 0 Å². The number of aromatic nitrogens is 4. The predicted molar refractivity (Wildman–Crippen MR) is 195 cm³/mol. The van der Waals surface area contributed by atoms with Gasteiger partial charge in [0.2, 0.25) is 0 Å². The molecule has 10 aromatic rings. The first-order valence-corrected chi connectivity index (χ1v) is 15.9. The molecule has 4 aromatic heterocycles. The van der Waals surface area contributed by atoms with Crippen LogP contribution in [0.4, 0.5) is 0 Å². The molecule has 4 heterocycles.